The first-order valence-corrected chi connectivity index (χ1v) is 8.48. The van der Waals surface area contributed by atoms with Crippen molar-refractivity contribution in [3.05, 3.63) is 17.5 Å². The lowest BCUT2D eigenvalue weighted by molar-refractivity contribution is -0.131. The number of hydrogen-bond donors (Lipinski definition) is 0. The summed E-state index contributed by atoms with van der Waals surface area (Å²) in [4.78, 5) is 28.2. The first kappa shape index (κ1) is 18.4. The van der Waals surface area contributed by atoms with E-state index < -0.39 is 0 Å². The van der Waals surface area contributed by atoms with E-state index >= 15 is 0 Å². The summed E-state index contributed by atoms with van der Waals surface area (Å²) in [5, 5.41) is 3.80. The molecular formula is C17H27N3O4. The molecule has 1 atom stereocenters. The number of aromatic nitrogens is 1. The van der Waals surface area contributed by atoms with Crippen molar-refractivity contribution in [1.82, 2.24) is 15.0 Å². The van der Waals surface area contributed by atoms with E-state index in [1.165, 1.54) is 0 Å². The number of aryl methyl sites for hydroxylation is 1. The highest BCUT2D eigenvalue weighted by Gasteiger charge is 2.26. The maximum atomic E-state index is 12.7. The minimum absolute atomic E-state index is 0.0199. The molecule has 0 unspecified atom stereocenters. The second-order valence-corrected chi connectivity index (χ2v) is 6.56. The molecule has 1 fully saturated rings. The van der Waals surface area contributed by atoms with E-state index in [4.69, 9.17) is 9.26 Å². The fourth-order valence-electron chi connectivity index (χ4n) is 2.63. The van der Waals surface area contributed by atoms with Crippen LogP contribution in [0, 0.1) is 6.92 Å². The molecule has 1 aromatic rings. The van der Waals surface area contributed by atoms with Gasteiger partial charge in [-0.2, -0.15) is 0 Å². The van der Waals surface area contributed by atoms with E-state index in [1.54, 1.807) is 29.8 Å². The Labute approximate surface area is 142 Å². The van der Waals surface area contributed by atoms with Crippen LogP contribution in [0.1, 0.15) is 49.4 Å². The lowest BCUT2D eigenvalue weighted by Crippen LogP contribution is -2.41. The zero-order chi connectivity index (χ0) is 17.7. The van der Waals surface area contributed by atoms with Crippen LogP contribution < -0.4 is 0 Å². The van der Waals surface area contributed by atoms with E-state index in [1.807, 2.05) is 13.8 Å². The summed E-state index contributed by atoms with van der Waals surface area (Å²) in [5.74, 6) is 0.389. The van der Waals surface area contributed by atoms with Gasteiger partial charge in [-0.3, -0.25) is 9.59 Å². The van der Waals surface area contributed by atoms with Crippen molar-refractivity contribution < 1.29 is 18.8 Å². The van der Waals surface area contributed by atoms with Gasteiger partial charge in [0.2, 0.25) is 5.91 Å². The molecule has 24 heavy (non-hydrogen) atoms. The summed E-state index contributed by atoms with van der Waals surface area (Å²) < 4.78 is 10.6. The zero-order valence-electron chi connectivity index (χ0n) is 14.9. The average Bonchev–Trinajstić information content (AvgIpc) is 3.21. The lowest BCUT2D eigenvalue weighted by atomic mass is 10.2. The van der Waals surface area contributed by atoms with Crippen molar-refractivity contribution in [1.29, 1.82) is 0 Å². The van der Waals surface area contributed by atoms with E-state index in [9.17, 15) is 9.59 Å². The van der Waals surface area contributed by atoms with Crippen LogP contribution in [-0.4, -0.2) is 65.7 Å². The van der Waals surface area contributed by atoms with Crippen LogP contribution in [0.4, 0.5) is 0 Å². The van der Waals surface area contributed by atoms with Gasteiger partial charge in [-0.25, -0.2) is 0 Å². The Morgan fingerprint density at radius 2 is 2.17 bits per heavy atom. The molecule has 2 amide bonds. The van der Waals surface area contributed by atoms with E-state index in [2.05, 4.69) is 5.16 Å². The van der Waals surface area contributed by atoms with Crippen molar-refractivity contribution >= 4 is 11.8 Å². The average molecular weight is 337 g/mol. The first-order valence-electron chi connectivity index (χ1n) is 8.48. The highest BCUT2D eigenvalue weighted by Crippen LogP contribution is 2.16. The van der Waals surface area contributed by atoms with Crippen LogP contribution in [0.2, 0.25) is 0 Å². The molecule has 0 aromatic carbocycles. The number of rotatable bonds is 7. The molecule has 1 aliphatic rings. The standard InChI is InChI=1S/C17H27N3O4/c1-12(2)19(4)16(21)7-8-20(11-14-6-5-9-23-14)17(22)15-10-13(3)24-18-15/h10,12,14H,5-9,11H2,1-4H3/t14-/m0/s1. The monoisotopic (exact) mass is 337 g/mol. The molecule has 7 heteroatoms. The first-order chi connectivity index (χ1) is 11.4. The minimum Gasteiger partial charge on any atom is -0.376 e. The second kappa shape index (κ2) is 8.28. The molecular weight excluding hydrogens is 310 g/mol. The van der Waals surface area contributed by atoms with Crippen molar-refractivity contribution in [2.45, 2.75) is 52.2 Å². The molecule has 0 N–H and O–H groups in total. The Kier molecular flexibility index (Phi) is 6.36. The van der Waals surface area contributed by atoms with Gasteiger partial charge in [-0.15, -0.1) is 0 Å². The molecule has 0 saturated carbocycles. The van der Waals surface area contributed by atoms with Crippen molar-refractivity contribution in [2.75, 3.05) is 26.7 Å². The number of carbonyl (C=O) groups excluding carboxylic acids is 2. The topological polar surface area (TPSA) is 75.9 Å². The van der Waals surface area contributed by atoms with Crippen LogP contribution >= 0.6 is 0 Å². The maximum Gasteiger partial charge on any atom is 0.276 e. The molecule has 0 bridgehead atoms. The fraction of sp³-hybridized carbons (Fsp3) is 0.706. The van der Waals surface area contributed by atoms with Crippen molar-refractivity contribution in [2.24, 2.45) is 0 Å². The van der Waals surface area contributed by atoms with Crippen LogP contribution in [0.15, 0.2) is 10.6 Å². The van der Waals surface area contributed by atoms with E-state index in [0.29, 0.717) is 18.8 Å². The van der Waals surface area contributed by atoms with Gasteiger partial charge in [0.15, 0.2) is 5.69 Å². The summed E-state index contributed by atoms with van der Waals surface area (Å²) in [6.45, 7) is 7.22. The second-order valence-electron chi connectivity index (χ2n) is 6.56. The molecule has 2 rings (SSSR count). The van der Waals surface area contributed by atoms with E-state index in [-0.39, 0.29) is 36.1 Å². The third kappa shape index (κ3) is 4.80. The van der Waals surface area contributed by atoms with E-state index in [0.717, 1.165) is 19.4 Å². The lowest BCUT2D eigenvalue weighted by Gasteiger charge is -2.26. The van der Waals surface area contributed by atoms with Gasteiger partial charge < -0.3 is 19.1 Å². The van der Waals surface area contributed by atoms with Crippen LogP contribution in [0.5, 0.6) is 0 Å². The van der Waals surface area contributed by atoms with Gasteiger partial charge in [-0.1, -0.05) is 5.16 Å². The predicted molar refractivity (Wildman–Crippen MR) is 88.6 cm³/mol. The van der Waals surface area contributed by atoms with Crippen LogP contribution in [0.3, 0.4) is 0 Å². The predicted octanol–water partition coefficient (Wildman–Crippen LogP) is 1.86. The SMILES string of the molecule is Cc1cc(C(=O)N(CCC(=O)N(C)C(C)C)C[C@@H]2CCCO2)no1. The molecule has 7 nitrogen and oxygen atoms in total. The number of ether oxygens (including phenoxy) is 1. The van der Waals surface area contributed by atoms with Gasteiger partial charge >= 0.3 is 0 Å². The highest BCUT2D eigenvalue weighted by molar-refractivity contribution is 5.92. The quantitative estimate of drug-likeness (QED) is 0.759. The highest BCUT2D eigenvalue weighted by atomic mass is 16.5. The number of carbonyl (C=O) groups is 2. The number of hydrogen-bond acceptors (Lipinski definition) is 5. The molecule has 2 heterocycles. The Morgan fingerprint density at radius 1 is 1.42 bits per heavy atom. The Morgan fingerprint density at radius 3 is 2.71 bits per heavy atom. The summed E-state index contributed by atoms with van der Waals surface area (Å²) in [7, 11) is 1.78. The number of amides is 2. The van der Waals surface area contributed by atoms with Gasteiger partial charge in [0.05, 0.1) is 6.10 Å². The molecule has 0 radical (unpaired) electrons. The summed E-state index contributed by atoms with van der Waals surface area (Å²) in [6, 6.07) is 1.76. The Bertz CT molecular complexity index is 564. The van der Waals surface area contributed by atoms with Crippen molar-refractivity contribution in [3.8, 4) is 0 Å². The third-order valence-electron chi connectivity index (χ3n) is 4.35. The molecule has 1 aliphatic heterocycles. The van der Waals surface area contributed by atoms with Crippen LogP contribution in [0.25, 0.3) is 0 Å². The van der Waals surface area contributed by atoms with Gasteiger partial charge in [-0.05, 0) is 33.6 Å². The van der Waals surface area contributed by atoms with Gasteiger partial charge in [0.1, 0.15) is 5.76 Å². The fourth-order valence-corrected chi connectivity index (χ4v) is 2.63. The Balaban J connectivity index is 2.02. The summed E-state index contributed by atoms with van der Waals surface area (Å²) >= 11 is 0. The molecule has 0 aliphatic carbocycles. The summed E-state index contributed by atoms with van der Waals surface area (Å²) in [6.07, 6.45) is 2.25. The summed E-state index contributed by atoms with van der Waals surface area (Å²) in [5.41, 5.74) is 0.273. The smallest absolute Gasteiger partial charge is 0.276 e. The third-order valence-corrected chi connectivity index (χ3v) is 4.35. The minimum atomic E-state index is -0.220. The largest absolute Gasteiger partial charge is 0.376 e. The van der Waals surface area contributed by atoms with Crippen molar-refractivity contribution in [3.63, 3.8) is 0 Å². The van der Waals surface area contributed by atoms with Gasteiger partial charge in [0.25, 0.3) is 5.91 Å². The zero-order valence-corrected chi connectivity index (χ0v) is 14.9. The number of nitrogens with zero attached hydrogens (tertiary/aromatic N) is 3. The Hall–Kier alpha value is -1.89. The normalized spacial score (nSPS) is 17.3. The molecule has 1 saturated heterocycles. The molecule has 1 aromatic heterocycles. The molecule has 0 spiro atoms. The van der Waals surface area contributed by atoms with Crippen LogP contribution in [-0.2, 0) is 9.53 Å². The maximum absolute atomic E-state index is 12.7. The molecule has 134 valence electrons. The van der Waals surface area contributed by atoms with Gasteiger partial charge in [0, 0.05) is 45.3 Å².